The monoisotopic (exact) mass is 401 g/mol. The molecule has 4 saturated carbocycles. The van der Waals surface area contributed by atoms with Gasteiger partial charge < -0.3 is 24.6 Å². The molecule has 0 aromatic heterocycles. The smallest absolute Gasteiger partial charge is 0.306 e. The minimum absolute atomic E-state index is 0.140. The molecule has 6 rings (SSSR count). The highest BCUT2D eigenvalue weighted by Crippen LogP contribution is 2.62. The zero-order valence-electron chi connectivity index (χ0n) is 16.4. The van der Waals surface area contributed by atoms with Crippen molar-refractivity contribution in [2.45, 2.75) is 57.1 Å². The maximum atomic E-state index is 12.4. The third-order valence-electron chi connectivity index (χ3n) is 6.96. The van der Waals surface area contributed by atoms with Crippen molar-refractivity contribution in [3.8, 4) is 11.5 Å². The van der Waals surface area contributed by atoms with Gasteiger partial charge in [-0.3, -0.25) is 9.59 Å². The van der Waals surface area contributed by atoms with E-state index in [1.54, 1.807) is 0 Å². The maximum absolute atomic E-state index is 12.4. The predicted octanol–water partition coefficient (Wildman–Crippen LogP) is 2.30. The van der Waals surface area contributed by atoms with Gasteiger partial charge >= 0.3 is 5.97 Å². The highest BCUT2D eigenvalue weighted by atomic mass is 16.7. The molecule has 1 aromatic carbocycles. The SMILES string of the molecule is O=C(COC(=O)CC12C[C@@H]3C[C@@H](CC(O)(C3)C1)C2)NCc1ccc2c(c1)OCO2. The average Bonchev–Trinajstić information content (AvgIpc) is 3.10. The van der Waals surface area contributed by atoms with E-state index >= 15 is 0 Å². The molecule has 4 fully saturated rings. The summed E-state index contributed by atoms with van der Waals surface area (Å²) in [6.07, 6.45) is 5.93. The molecule has 156 valence electrons. The van der Waals surface area contributed by atoms with Crippen LogP contribution in [0.4, 0.5) is 0 Å². The fourth-order valence-corrected chi connectivity index (χ4v) is 6.41. The van der Waals surface area contributed by atoms with E-state index in [1.807, 2.05) is 18.2 Å². The molecule has 1 aliphatic heterocycles. The summed E-state index contributed by atoms with van der Waals surface area (Å²) in [7, 11) is 0. The molecule has 1 heterocycles. The summed E-state index contributed by atoms with van der Waals surface area (Å²) in [5.74, 6) is 1.75. The quantitative estimate of drug-likeness (QED) is 0.711. The van der Waals surface area contributed by atoms with Crippen LogP contribution < -0.4 is 14.8 Å². The minimum atomic E-state index is -0.591. The van der Waals surface area contributed by atoms with Crippen LogP contribution in [0.15, 0.2) is 18.2 Å². The van der Waals surface area contributed by atoms with Crippen molar-refractivity contribution in [1.82, 2.24) is 5.32 Å². The molecule has 0 saturated heterocycles. The number of aliphatic hydroxyl groups is 1. The van der Waals surface area contributed by atoms with Crippen LogP contribution in [0.2, 0.25) is 0 Å². The number of hydrogen-bond acceptors (Lipinski definition) is 6. The summed E-state index contributed by atoms with van der Waals surface area (Å²) < 4.78 is 15.9. The van der Waals surface area contributed by atoms with Gasteiger partial charge in [-0.1, -0.05) is 6.07 Å². The number of carbonyl (C=O) groups is 2. The van der Waals surface area contributed by atoms with Crippen LogP contribution >= 0.6 is 0 Å². The average molecular weight is 401 g/mol. The first kappa shape index (κ1) is 18.7. The number of esters is 1. The van der Waals surface area contributed by atoms with Crippen molar-refractivity contribution in [2.24, 2.45) is 17.3 Å². The molecule has 0 spiro atoms. The molecule has 5 aliphatic rings. The summed E-state index contributed by atoms with van der Waals surface area (Å²) in [4.78, 5) is 24.5. The summed E-state index contributed by atoms with van der Waals surface area (Å²) in [6.45, 7) is 0.255. The van der Waals surface area contributed by atoms with E-state index in [9.17, 15) is 14.7 Å². The Bertz CT molecular complexity index is 823. The van der Waals surface area contributed by atoms with Crippen LogP contribution in [0.25, 0.3) is 0 Å². The van der Waals surface area contributed by atoms with Gasteiger partial charge in [0, 0.05) is 6.54 Å². The van der Waals surface area contributed by atoms with Gasteiger partial charge in [0.15, 0.2) is 18.1 Å². The molecular formula is C22H27NO6. The summed E-state index contributed by atoms with van der Waals surface area (Å²) in [6, 6.07) is 5.49. The van der Waals surface area contributed by atoms with Crippen LogP contribution in [0.3, 0.4) is 0 Å². The third kappa shape index (κ3) is 3.80. The van der Waals surface area contributed by atoms with Gasteiger partial charge in [0.2, 0.25) is 6.79 Å². The van der Waals surface area contributed by atoms with E-state index < -0.39 is 5.60 Å². The lowest BCUT2D eigenvalue weighted by Gasteiger charge is -2.60. The molecule has 7 nitrogen and oxygen atoms in total. The largest absolute Gasteiger partial charge is 0.456 e. The van der Waals surface area contributed by atoms with E-state index in [1.165, 1.54) is 6.42 Å². The molecule has 4 atom stereocenters. The normalized spacial score (nSPS) is 33.6. The molecular weight excluding hydrogens is 374 g/mol. The first-order valence-electron chi connectivity index (χ1n) is 10.4. The fourth-order valence-electron chi connectivity index (χ4n) is 6.41. The number of hydrogen-bond donors (Lipinski definition) is 2. The number of ether oxygens (including phenoxy) is 3. The fraction of sp³-hybridized carbons (Fsp3) is 0.636. The summed E-state index contributed by atoms with van der Waals surface area (Å²) >= 11 is 0. The van der Waals surface area contributed by atoms with E-state index in [2.05, 4.69) is 5.32 Å². The van der Waals surface area contributed by atoms with Crippen molar-refractivity contribution >= 4 is 11.9 Å². The van der Waals surface area contributed by atoms with Crippen LogP contribution in [-0.2, 0) is 20.9 Å². The molecule has 7 heteroatoms. The van der Waals surface area contributed by atoms with Gasteiger partial charge in [0.05, 0.1) is 12.0 Å². The lowest BCUT2D eigenvalue weighted by Crippen LogP contribution is -2.56. The van der Waals surface area contributed by atoms with Crippen LogP contribution in [0.1, 0.15) is 50.5 Å². The highest BCUT2D eigenvalue weighted by Gasteiger charge is 2.57. The Labute approximate surface area is 169 Å². The van der Waals surface area contributed by atoms with Gasteiger partial charge in [0.25, 0.3) is 5.91 Å². The van der Waals surface area contributed by atoms with Crippen molar-refractivity contribution in [3.05, 3.63) is 23.8 Å². The highest BCUT2D eigenvalue weighted by molar-refractivity contribution is 5.80. The summed E-state index contributed by atoms with van der Waals surface area (Å²) in [5.41, 5.74) is 0.154. The van der Waals surface area contributed by atoms with E-state index in [-0.39, 0.29) is 30.7 Å². The first-order valence-corrected chi connectivity index (χ1v) is 10.4. The Balaban J connectivity index is 1.09. The first-order chi connectivity index (χ1) is 13.9. The van der Waals surface area contributed by atoms with Gasteiger partial charge in [-0.15, -0.1) is 0 Å². The second-order valence-corrected chi connectivity index (χ2v) is 9.49. The van der Waals surface area contributed by atoms with Crippen LogP contribution in [0.5, 0.6) is 11.5 Å². The molecule has 2 N–H and O–H groups in total. The number of benzene rings is 1. The Morgan fingerprint density at radius 2 is 1.90 bits per heavy atom. The molecule has 0 radical (unpaired) electrons. The number of carbonyl (C=O) groups excluding carboxylic acids is 2. The Morgan fingerprint density at radius 1 is 1.14 bits per heavy atom. The standard InChI is InChI=1S/C22H27NO6/c24-19(23-10-14-1-2-17-18(4-14)29-13-28-17)11-27-20(25)9-21-5-15-3-16(6-21)8-22(26,7-15)12-21/h1-2,4,15-16,26H,3,5-13H2,(H,23,24)/t15-,16+,21?,22?. The molecule has 2 unspecified atom stereocenters. The van der Waals surface area contributed by atoms with Crippen molar-refractivity contribution in [1.29, 1.82) is 0 Å². The molecule has 29 heavy (non-hydrogen) atoms. The van der Waals surface area contributed by atoms with E-state index in [4.69, 9.17) is 14.2 Å². The third-order valence-corrected chi connectivity index (χ3v) is 6.96. The van der Waals surface area contributed by atoms with Gasteiger partial charge in [-0.2, -0.15) is 0 Å². The van der Waals surface area contributed by atoms with Crippen LogP contribution in [-0.4, -0.2) is 36.0 Å². The minimum Gasteiger partial charge on any atom is -0.456 e. The van der Waals surface area contributed by atoms with Crippen molar-refractivity contribution in [2.75, 3.05) is 13.4 Å². The van der Waals surface area contributed by atoms with E-state index in [0.29, 0.717) is 42.7 Å². The molecule has 1 aromatic rings. The molecule has 1 amide bonds. The Kier molecular flexibility index (Phi) is 4.46. The lowest BCUT2D eigenvalue weighted by atomic mass is 9.47. The van der Waals surface area contributed by atoms with Crippen molar-refractivity contribution in [3.63, 3.8) is 0 Å². The Morgan fingerprint density at radius 3 is 2.66 bits per heavy atom. The summed E-state index contributed by atoms with van der Waals surface area (Å²) in [5, 5.41) is 13.6. The topological polar surface area (TPSA) is 94.1 Å². The van der Waals surface area contributed by atoms with Crippen LogP contribution in [0, 0.1) is 17.3 Å². The van der Waals surface area contributed by atoms with Gasteiger partial charge in [-0.25, -0.2) is 0 Å². The lowest BCUT2D eigenvalue weighted by molar-refractivity contribution is -0.177. The van der Waals surface area contributed by atoms with E-state index in [0.717, 1.165) is 31.2 Å². The zero-order chi connectivity index (χ0) is 20.1. The number of nitrogens with one attached hydrogen (secondary N) is 1. The van der Waals surface area contributed by atoms with Crippen molar-refractivity contribution < 1.29 is 28.9 Å². The second-order valence-electron chi connectivity index (χ2n) is 9.49. The van der Waals surface area contributed by atoms with Gasteiger partial charge in [0.1, 0.15) is 0 Å². The molecule has 4 aliphatic carbocycles. The zero-order valence-corrected chi connectivity index (χ0v) is 16.4. The maximum Gasteiger partial charge on any atom is 0.306 e. The number of rotatable bonds is 6. The number of fused-ring (bicyclic) bond motifs is 1. The second kappa shape index (κ2) is 6.90. The Hall–Kier alpha value is -2.28. The number of amides is 1. The molecule has 4 bridgehead atoms. The van der Waals surface area contributed by atoms with Gasteiger partial charge in [-0.05, 0) is 73.5 Å². The predicted molar refractivity (Wildman–Crippen MR) is 102 cm³/mol.